The van der Waals surface area contributed by atoms with Gasteiger partial charge in [0, 0.05) is 6.08 Å². The van der Waals surface area contributed by atoms with Gasteiger partial charge in [0.15, 0.2) is 6.61 Å². The Kier molecular flexibility index (Phi) is 4.10. The molecule has 0 atom stereocenters. The van der Waals surface area contributed by atoms with Crippen molar-refractivity contribution in [2.45, 2.75) is 6.18 Å². The lowest BCUT2D eigenvalue weighted by atomic mass is 10.2. The summed E-state index contributed by atoms with van der Waals surface area (Å²) in [7, 11) is 0. The Labute approximate surface area is 90.3 Å². The Bertz CT molecular complexity index is 369. The molecule has 0 saturated carbocycles. The zero-order chi connectivity index (χ0) is 12.0. The topological polar surface area (TPSA) is 26.3 Å². The van der Waals surface area contributed by atoms with Crippen LogP contribution in [0.15, 0.2) is 36.4 Å². The van der Waals surface area contributed by atoms with Gasteiger partial charge in [-0.3, -0.25) is 0 Å². The third kappa shape index (κ3) is 5.19. The van der Waals surface area contributed by atoms with Crippen molar-refractivity contribution in [2.75, 3.05) is 6.61 Å². The summed E-state index contributed by atoms with van der Waals surface area (Å²) < 4.78 is 39.0. The maximum absolute atomic E-state index is 11.7. The Morgan fingerprint density at radius 1 is 1.25 bits per heavy atom. The highest BCUT2D eigenvalue weighted by Crippen LogP contribution is 2.14. The standard InChI is InChI=1S/C11H9F3O2/c12-11(13,14)8-16-10(15)7-6-9-4-2-1-3-5-9/h1-7H,8H2/b7-6-. The highest BCUT2D eigenvalue weighted by atomic mass is 19.4. The predicted molar refractivity (Wildman–Crippen MR) is 52.5 cm³/mol. The molecule has 2 nitrogen and oxygen atoms in total. The van der Waals surface area contributed by atoms with Gasteiger partial charge in [-0.05, 0) is 11.6 Å². The van der Waals surface area contributed by atoms with E-state index in [0.717, 1.165) is 6.08 Å². The number of alkyl halides is 3. The molecule has 0 fully saturated rings. The number of hydrogen-bond donors (Lipinski definition) is 0. The van der Waals surface area contributed by atoms with Crippen molar-refractivity contribution in [3.05, 3.63) is 42.0 Å². The molecular weight excluding hydrogens is 221 g/mol. The second kappa shape index (κ2) is 5.34. The van der Waals surface area contributed by atoms with Crippen LogP contribution in [-0.2, 0) is 9.53 Å². The summed E-state index contributed by atoms with van der Waals surface area (Å²) >= 11 is 0. The molecule has 0 aliphatic heterocycles. The second-order valence-electron chi connectivity index (χ2n) is 2.97. The van der Waals surface area contributed by atoms with E-state index < -0.39 is 18.8 Å². The van der Waals surface area contributed by atoms with Gasteiger partial charge in [-0.15, -0.1) is 0 Å². The van der Waals surface area contributed by atoms with E-state index in [2.05, 4.69) is 4.74 Å². The van der Waals surface area contributed by atoms with Crippen molar-refractivity contribution < 1.29 is 22.7 Å². The van der Waals surface area contributed by atoms with Crippen LogP contribution in [0.1, 0.15) is 5.56 Å². The molecule has 0 aliphatic carbocycles. The number of ether oxygens (including phenoxy) is 1. The molecule has 0 bridgehead atoms. The summed E-state index contributed by atoms with van der Waals surface area (Å²) in [4.78, 5) is 10.9. The fourth-order valence-electron chi connectivity index (χ4n) is 0.929. The van der Waals surface area contributed by atoms with Crippen LogP contribution in [0.4, 0.5) is 13.2 Å². The highest BCUT2D eigenvalue weighted by molar-refractivity contribution is 5.87. The highest BCUT2D eigenvalue weighted by Gasteiger charge is 2.29. The molecule has 0 aromatic heterocycles. The van der Waals surface area contributed by atoms with Gasteiger partial charge in [0.2, 0.25) is 0 Å². The van der Waals surface area contributed by atoms with E-state index in [-0.39, 0.29) is 0 Å². The Morgan fingerprint density at radius 2 is 1.88 bits per heavy atom. The van der Waals surface area contributed by atoms with E-state index >= 15 is 0 Å². The van der Waals surface area contributed by atoms with E-state index in [1.807, 2.05) is 0 Å². The predicted octanol–water partition coefficient (Wildman–Crippen LogP) is 2.81. The van der Waals surface area contributed by atoms with Gasteiger partial charge in [0.05, 0.1) is 0 Å². The first-order chi connectivity index (χ1) is 7.47. The van der Waals surface area contributed by atoms with E-state index in [1.54, 1.807) is 30.3 Å². The molecule has 16 heavy (non-hydrogen) atoms. The number of carbonyl (C=O) groups excluding carboxylic acids is 1. The first-order valence-corrected chi connectivity index (χ1v) is 4.44. The molecule has 0 radical (unpaired) electrons. The maximum atomic E-state index is 11.7. The molecule has 0 saturated heterocycles. The van der Waals surface area contributed by atoms with Gasteiger partial charge >= 0.3 is 12.1 Å². The van der Waals surface area contributed by atoms with E-state index in [1.165, 1.54) is 6.08 Å². The van der Waals surface area contributed by atoms with Crippen LogP contribution in [0.3, 0.4) is 0 Å². The van der Waals surface area contributed by atoms with Gasteiger partial charge in [0.1, 0.15) is 0 Å². The summed E-state index contributed by atoms with van der Waals surface area (Å²) in [5.41, 5.74) is 0.714. The van der Waals surface area contributed by atoms with E-state index in [4.69, 9.17) is 0 Å². The first-order valence-electron chi connectivity index (χ1n) is 4.44. The number of hydrogen-bond acceptors (Lipinski definition) is 2. The third-order valence-corrected chi connectivity index (χ3v) is 1.59. The lowest BCUT2D eigenvalue weighted by Gasteiger charge is -2.05. The number of halogens is 3. The molecule has 0 heterocycles. The molecule has 1 aromatic carbocycles. The fourth-order valence-corrected chi connectivity index (χ4v) is 0.929. The third-order valence-electron chi connectivity index (χ3n) is 1.59. The smallest absolute Gasteiger partial charge is 0.422 e. The van der Waals surface area contributed by atoms with Gasteiger partial charge in [0.25, 0.3) is 0 Å². The Balaban J connectivity index is 2.43. The maximum Gasteiger partial charge on any atom is 0.422 e. The Morgan fingerprint density at radius 3 is 2.44 bits per heavy atom. The number of benzene rings is 1. The van der Waals surface area contributed by atoms with Crippen LogP contribution in [0, 0.1) is 0 Å². The molecule has 86 valence electrons. The van der Waals surface area contributed by atoms with Crippen LogP contribution in [-0.4, -0.2) is 18.8 Å². The Hall–Kier alpha value is -1.78. The van der Waals surface area contributed by atoms with Crippen molar-refractivity contribution in [1.29, 1.82) is 0 Å². The summed E-state index contributed by atoms with van der Waals surface area (Å²) in [6.07, 6.45) is -2.14. The molecule has 5 heteroatoms. The van der Waals surface area contributed by atoms with Gasteiger partial charge in [-0.1, -0.05) is 30.3 Å². The summed E-state index contributed by atoms with van der Waals surface area (Å²) in [6.45, 7) is -1.56. The monoisotopic (exact) mass is 230 g/mol. The number of rotatable bonds is 3. The van der Waals surface area contributed by atoms with Crippen molar-refractivity contribution in [3.63, 3.8) is 0 Å². The molecule has 0 unspecified atom stereocenters. The molecule has 0 N–H and O–H groups in total. The lowest BCUT2D eigenvalue weighted by Crippen LogP contribution is -2.19. The van der Waals surface area contributed by atoms with Crippen LogP contribution < -0.4 is 0 Å². The van der Waals surface area contributed by atoms with Gasteiger partial charge in [-0.2, -0.15) is 13.2 Å². The van der Waals surface area contributed by atoms with Gasteiger partial charge < -0.3 is 4.74 Å². The number of esters is 1. The quantitative estimate of drug-likeness (QED) is 0.589. The van der Waals surface area contributed by atoms with Crippen molar-refractivity contribution in [1.82, 2.24) is 0 Å². The first kappa shape index (κ1) is 12.3. The van der Waals surface area contributed by atoms with E-state index in [9.17, 15) is 18.0 Å². The van der Waals surface area contributed by atoms with E-state index in [0.29, 0.717) is 5.56 Å². The lowest BCUT2D eigenvalue weighted by molar-refractivity contribution is -0.182. The normalized spacial score (nSPS) is 11.7. The molecule has 0 aliphatic rings. The summed E-state index contributed by atoms with van der Waals surface area (Å²) in [6, 6.07) is 8.72. The van der Waals surface area contributed by atoms with Crippen molar-refractivity contribution >= 4 is 12.0 Å². The molecule has 0 spiro atoms. The molecular formula is C11H9F3O2. The van der Waals surface area contributed by atoms with Crippen molar-refractivity contribution in [2.24, 2.45) is 0 Å². The zero-order valence-electron chi connectivity index (χ0n) is 8.20. The minimum absolute atomic E-state index is 0.714. The summed E-state index contributed by atoms with van der Waals surface area (Å²) in [5, 5.41) is 0. The van der Waals surface area contributed by atoms with Crippen molar-refractivity contribution in [3.8, 4) is 0 Å². The summed E-state index contributed by atoms with van der Waals surface area (Å²) in [5.74, 6) is -1.01. The molecule has 0 amide bonds. The SMILES string of the molecule is O=C(/C=C\c1ccccc1)OCC(F)(F)F. The largest absolute Gasteiger partial charge is 0.453 e. The second-order valence-corrected chi connectivity index (χ2v) is 2.97. The van der Waals surface area contributed by atoms with Crippen LogP contribution in [0.25, 0.3) is 6.08 Å². The minimum Gasteiger partial charge on any atom is -0.453 e. The molecule has 1 aromatic rings. The van der Waals surface area contributed by atoms with Crippen LogP contribution in [0.5, 0.6) is 0 Å². The van der Waals surface area contributed by atoms with Gasteiger partial charge in [-0.25, -0.2) is 4.79 Å². The zero-order valence-corrected chi connectivity index (χ0v) is 8.20. The number of carbonyl (C=O) groups is 1. The molecule has 1 rings (SSSR count). The average molecular weight is 230 g/mol. The minimum atomic E-state index is -4.49. The van der Waals surface area contributed by atoms with Crippen LogP contribution >= 0.6 is 0 Å². The fraction of sp³-hybridized carbons (Fsp3) is 0.182. The average Bonchev–Trinajstić information content (AvgIpc) is 2.24. The van der Waals surface area contributed by atoms with Crippen LogP contribution in [0.2, 0.25) is 0 Å².